The molecule has 0 atom stereocenters. The van der Waals surface area contributed by atoms with Crippen LogP contribution in [0.5, 0.6) is 5.75 Å². The monoisotopic (exact) mass is 283 g/mol. The van der Waals surface area contributed by atoms with Gasteiger partial charge in [-0.15, -0.1) is 0 Å². The summed E-state index contributed by atoms with van der Waals surface area (Å²) in [7, 11) is 1.65. The molecule has 0 spiro atoms. The molecule has 0 saturated carbocycles. The van der Waals surface area contributed by atoms with Crippen LogP contribution in [0.15, 0.2) is 30.3 Å². The smallest absolute Gasteiger partial charge is 0.141 e. The van der Waals surface area contributed by atoms with Gasteiger partial charge in [0.15, 0.2) is 0 Å². The molecule has 0 radical (unpaired) electrons. The van der Waals surface area contributed by atoms with E-state index in [-0.39, 0.29) is 0 Å². The molecule has 0 fully saturated rings. The molecule has 0 unspecified atom stereocenters. The highest BCUT2D eigenvalue weighted by atomic mass is 16.5. The quantitative estimate of drug-likeness (QED) is 0.812. The summed E-state index contributed by atoms with van der Waals surface area (Å²) in [4.78, 5) is 0. The Morgan fingerprint density at radius 3 is 1.95 bits per heavy atom. The second kappa shape index (κ2) is 6.66. The first-order chi connectivity index (χ1) is 10.1. The van der Waals surface area contributed by atoms with Gasteiger partial charge >= 0.3 is 0 Å². The molecule has 0 amide bonds. The van der Waals surface area contributed by atoms with Crippen molar-refractivity contribution in [2.45, 2.75) is 40.0 Å². The van der Waals surface area contributed by atoms with E-state index >= 15 is 0 Å². The Balaban J connectivity index is 2.64. The molecule has 0 aliphatic carbocycles. The van der Waals surface area contributed by atoms with Crippen molar-refractivity contribution in [1.82, 2.24) is 0 Å². The Kier molecular flexibility index (Phi) is 4.89. The molecule has 0 saturated heterocycles. The molecule has 0 aliphatic heterocycles. The summed E-state index contributed by atoms with van der Waals surface area (Å²) in [5.41, 5.74) is 13.5. The van der Waals surface area contributed by atoms with Gasteiger partial charge in [-0.1, -0.05) is 39.0 Å². The van der Waals surface area contributed by atoms with Crippen molar-refractivity contribution in [2.24, 2.45) is 0 Å². The third-order valence-corrected chi connectivity index (χ3v) is 4.05. The van der Waals surface area contributed by atoms with E-state index in [0.717, 1.165) is 25.0 Å². The van der Waals surface area contributed by atoms with E-state index in [1.165, 1.54) is 27.8 Å². The number of nitrogen functional groups attached to an aromatic ring is 1. The van der Waals surface area contributed by atoms with Gasteiger partial charge in [0.05, 0.1) is 12.8 Å². The van der Waals surface area contributed by atoms with Crippen molar-refractivity contribution >= 4 is 5.69 Å². The Morgan fingerprint density at radius 1 is 0.905 bits per heavy atom. The van der Waals surface area contributed by atoms with Gasteiger partial charge in [0, 0.05) is 0 Å². The Hall–Kier alpha value is -1.96. The van der Waals surface area contributed by atoms with Crippen molar-refractivity contribution in [3.8, 4) is 16.9 Å². The zero-order valence-electron chi connectivity index (χ0n) is 13.5. The predicted molar refractivity (Wildman–Crippen MR) is 91.0 cm³/mol. The zero-order chi connectivity index (χ0) is 15.4. The summed E-state index contributed by atoms with van der Waals surface area (Å²) in [5.74, 6) is 0.736. The first-order valence-electron chi connectivity index (χ1n) is 7.73. The van der Waals surface area contributed by atoms with Crippen LogP contribution in [-0.2, 0) is 19.3 Å². The predicted octanol–water partition coefficient (Wildman–Crippen LogP) is 4.63. The number of benzene rings is 2. The molecule has 2 nitrogen and oxygen atoms in total. The molecule has 2 rings (SSSR count). The number of hydrogen-bond donors (Lipinski definition) is 1. The number of hydrogen-bond acceptors (Lipinski definition) is 2. The molecule has 2 aromatic rings. The fourth-order valence-corrected chi connectivity index (χ4v) is 2.86. The molecule has 21 heavy (non-hydrogen) atoms. The highest BCUT2D eigenvalue weighted by molar-refractivity contribution is 5.76. The second-order valence-electron chi connectivity index (χ2n) is 5.31. The standard InChI is InChI=1S/C19H25NO/c1-5-13-10-14(6-2)19(15(7-3)11-13)16-8-9-18(21-4)17(20)12-16/h8-12H,5-7,20H2,1-4H3. The molecular formula is C19H25NO. The van der Waals surface area contributed by atoms with E-state index < -0.39 is 0 Å². The Labute approximate surface area is 127 Å². The average molecular weight is 283 g/mol. The number of nitrogens with two attached hydrogens (primary N) is 1. The highest BCUT2D eigenvalue weighted by Crippen LogP contribution is 2.34. The van der Waals surface area contributed by atoms with Gasteiger partial charge in [-0.05, 0) is 59.2 Å². The summed E-state index contributed by atoms with van der Waals surface area (Å²) < 4.78 is 5.26. The number of rotatable bonds is 5. The maximum absolute atomic E-state index is 6.08. The van der Waals surface area contributed by atoms with Crippen molar-refractivity contribution in [3.05, 3.63) is 47.0 Å². The topological polar surface area (TPSA) is 35.2 Å². The fraction of sp³-hybridized carbons (Fsp3) is 0.368. The maximum atomic E-state index is 6.08. The third kappa shape index (κ3) is 3.05. The fourth-order valence-electron chi connectivity index (χ4n) is 2.86. The van der Waals surface area contributed by atoms with E-state index in [4.69, 9.17) is 10.5 Å². The number of ether oxygens (including phenoxy) is 1. The summed E-state index contributed by atoms with van der Waals surface area (Å²) >= 11 is 0. The van der Waals surface area contributed by atoms with Crippen LogP contribution in [0.4, 0.5) is 5.69 Å². The van der Waals surface area contributed by atoms with Gasteiger partial charge in [0.1, 0.15) is 5.75 Å². The second-order valence-corrected chi connectivity index (χ2v) is 5.31. The third-order valence-electron chi connectivity index (χ3n) is 4.05. The van der Waals surface area contributed by atoms with Gasteiger partial charge in [0.25, 0.3) is 0 Å². The van der Waals surface area contributed by atoms with Gasteiger partial charge < -0.3 is 10.5 Å². The van der Waals surface area contributed by atoms with Crippen molar-refractivity contribution < 1.29 is 4.74 Å². The van der Waals surface area contributed by atoms with Crippen LogP contribution < -0.4 is 10.5 Å². The summed E-state index contributed by atoms with van der Waals surface area (Å²) in [6.07, 6.45) is 3.13. The van der Waals surface area contributed by atoms with Crippen LogP contribution in [0.1, 0.15) is 37.5 Å². The van der Waals surface area contributed by atoms with Gasteiger partial charge in [-0.3, -0.25) is 0 Å². The number of methoxy groups -OCH3 is 1. The average Bonchev–Trinajstić information content (AvgIpc) is 2.53. The summed E-state index contributed by atoms with van der Waals surface area (Å²) in [6, 6.07) is 10.7. The molecule has 0 aliphatic rings. The van der Waals surface area contributed by atoms with Crippen LogP contribution >= 0.6 is 0 Å². The van der Waals surface area contributed by atoms with Crippen LogP contribution in [-0.4, -0.2) is 7.11 Å². The lowest BCUT2D eigenvalue weighted by atomic mass is 9.89. The normalized spacial score (nSPS) is 10.7. The first kappa shape index (κ1) is 15.4. The molecule has 2 heteroatoms. The molecule has 2 N–H and O–H groups in total. The van der Waals surface area contributed by atoms with E-state index in [0.29, 0.717) is 5.69 Å². The summed E-state index contributed by atoms with van der Waals surface area (Å²) in [5, 5.41) is 0. The van der Waals surface area contributed by atoms with Gasteiger partial charge in [-0.25, -0.2) is 0 Å². The molecule has 112 valence electrons. The SMILES string of the molecule is CCc1cc(CC)c(-c2ccc(OC)c(N)c2)c(CC)c1. The number of anilines is 1. The lowest BCUT2D eigenvalue weighted by Crippen LogP contribution is -1.99. The van der Waals surface area contributed by atoms with Gasteiger partial charge in [-0.2, -0.15) is 0 Å². The number of aryl methyl sites for hydroxylation is 3. The minimum Gasteiger partial charge on any atom is -0.495 e. The van der Waals surface area contributed by atoms with E-state index in [1.807, 2.05) is 12.1 Å². The lowest BCUT2D eigenvalue weighted by molar-refractivity contribution is 0.417. The maximum Gasteiger partial charge on any atom is 0.141 e. The molecule has 0 heterocycles. The Bertz CT molecular complexity index is 606. The van der Waals surface area contributed by atoms with Crippen LogP contribution in [0.2, 0.25) is 0 Å². The highest BCUT2D eigenvalue weighted by Gasteiger charge is 2.12. The van der Waals surface area contributed by atoms with E-state index in [9.17, 15) is 0 Å². The van der Waals surface area contributed by atoms with E-state index in [2.05, 4.69) is 39.0 Å². The van der Waals surface area contributed by atoms with Crippen molar-refractivity contribution in [3.63, 3.8) is 0 Å². The first-order valence-corrected chi connectivity index (χ1v) is 7.73. The zero-order valence-corrected chi connectivity index (χ0v) is 13.5. The largest absolute Gasteiger partial charge is 0.495 e. The van der Waals surface area contributed by atoms with E-state index in [1.54, 1.807) is 7.11 Å². The van der Waals surface area contributed by atoms with Gasteiger partial charge in [0.2, 0.25) is 0 Å². The molecule has 2 aromatic carbocycles. The van der Waals surface area contributed by atoms with Crippen molar-refractivity contribution in [2.75, 3.05) is 12.8 Å². The minimum absolute atomic E-state index is 0.693. The Morgan fingerprint density at radius 2 is 1.52 bits per heavy atom. The van der Waals surface area contributed by atoms with Crippen LogP contribution in [0.25, 0.3) is 11.1 Å². The molecular weight excluding hydrogens is 258 g/mol. The summed E-state index contributed by atoms with van der Waals surface area (Å²) in [6.45, 7) is 6.63. The van der Waals surface area contributed by atoms with Crippen LogP contribution in [0.3, 0.4) is 0 Å². The molecule has 0 bridgehead atoms. The molecule has 0 aromatic heterocycles. The van der Waals surface area contributed by atoms with Crippen molar-refractivity contribution in [1.29, 1.82) is 0 Å². The minimum atomic E-state index is 0.693. The van der Waals surface area contributed by atoms with Crippen LogP contribution in [0, 0.1) is 0 Å². The lowest BCUT2D eigenvalue weighted by Gasteiger charge is -2.17.